The normalized spacial score (nSPS) is 21.4. The van der Waals surface area contributed by atoms with Gasteiger partial charge in [-0.05, 0) is 70.8 Å². The minimum atomic E-state index is 0.0690. The van der Waals surface area contributed by atoms with Crippen molar-refractivity contribution in [3.8, 4) is 0 Å². The Balaban J connectivity index is 1.27. The molecule has 2 aliphatic heterocycles. The third kappa shape index (κ3) is 4.73. The topological polar surface area (TPSA) is 73.1 Å². The van der Waals surface area contributed by atoms with Gasteiger partial charge in [0.2, 0.25) is 5.91 Å². The molecule has 0 bridgehead atoms. The van der Waals surface area contributed by atoms with Gasteiger partial charge in [0.1, 0.15) is 5.82 Å². The summed E-state index contributed by atoms with van der Waals surface area (Å²) in [6.45, 7) is 3.45. The van der Waals surface area contributed by atoms with Gasteiger partial charge in [0.25, 0.3) is 0 Å². The zero-order chi connectivity index (χ0) is 19.3. The van der Waals surface area contributed by atoms with Crippen LogP contribution in [0, 0.1) is 5.92 Å². The maximum atomic E-state index is 12.3. The fraction of sp³-hybridized carbons (Fsp3) is 0.636. The molecule has 2 saturated heterocycles. The predicted molar refractivity (Wildman–Crippen MR) is 113 cm³/mol. The summed E-state index contributed by atoms with van der Waals surface area (Å²) in [5.41, 5.74) is 2.30. The van der Waals surface area contributed by atoms with Crippen LogP contribution in [0.1, 0.15) is 63.1 Å². The lowest BCUT2D eigenvalue weighted by Crippen LogP contribution is -2.27. The Morgan fingerprint density at radius 1 is 1.25 bits per heavy atom. The molecule has 1 amide bonds. The van der Waals surface area contributed by atoms with E-state index in [9.17, 15) is 4.79 Å². The number of nitrogens with one attached hydrogen (secondary N) is 3. The van der Waals surface area contributed by atoms with Crippen molar-refractivity contribution in [3.63, 3.8) is 0 Å². The fourth-order valence-electron chi connectivity index (χ4n) is 4.69. The minimum Gasteiger partial charge on any atom is -0.357 e. The van der Waals surface area contributed by atoms with E-state index in [0.717, 1.165) is 49.3 Å². The minimum absolute atomic E-state index is 0.0690. The maximum Gasteiger partial charge on any atom is 0.225 e. The van der Waals surface area contributed by atoms with Crippen molar-refractivity contribution in [1.82, 2.24) is 20.2 Å². The predicted octanol–water partition coefficient (Wildman–Crippen LogP) is 3.83. The molecule has 4 heterocycles. The molecule has 152 valence electrons. The molecule has 28 heavy (non-hydrogen) atoms. The standard InChI is InChI=1S/C22H33N5O/c1-27-12-4-6-20(27)19-13-17-15-24-21(14-18(17)25-19)26-22(28)7-3-2-5-16-8-10-23-11-9-16/h13-16,20,23,25H,2-12H2,1H3,(H,24,26,28)/t20-/m1/s1. The third-order valence-corrected chi connectivity index (χ3v) is 6.40. The maximum absolute atomic E-state index is 12.3. The smallest absolute Gasteiger partial charge is 0.225 e. The van der Waals surface area contributed by atoms with E-state index >= 15 is 0 Å². The summed E-state index contributed by atoms with van der Waals surface area (Å²) in [7, 11) is 2.18. The first-order valence-electron chi connectivity index (χ1n) is 10.9. The summed E-state index contributed by atoms with van der Waals surface area (Å²) in [5, 5.41) is 7.48. The average Bonchev–Trinajstić information content (AvgIpc) is 3.31. The van der Waals surface area contributed by atoms with E-state index in [1.807, 2.05) is 12.3 Å². The number of nitrogens with zero attached hydrogens (tertiary/aromatic N) is 2. The molecule has 0 aliphatic carbocycles. The number of rotatable bonds is 7. The highest BCUT2D eigenvalue weighted by molar-refractivity contribution is 5.92. The molecule has 0 aromatic carbocycles. The number of pyridine rings is 1. The van der Waals surface area contributed by atoms with E-state index in [2.05, 4.69) is 38.6 Å². The van der Waals surface area contributed by atoms with Crippen molar-refractivity contribution < 1.29 is 4.79 Å². The highest BCUT2D eigenvalue weighted by Gasteiger charge is 2.24. The fourth-order valence-corrected chi connectivity index (χ4v) is 4.69. The van der Waals surface area contributed by atoms with Gasteiger partial charge in [-0.1, -0.05) is 12.8 Å². The second-order valence-corrected chi connectivity index (χ2v) is 8.51. The Bertz CT molecular complexity index is 795. The number of aromatic amines is 1. The van der Waals surface area contributed by atoms with Crippen molar-refractivity contribution in [2.24, 2.45) is 5.92 Å². The van der Waals surface area contributed by atoms with Crippen LogP contribution in [0.15, 0.2) is 18.3 Å². The Labute approximate surface area is 167 Å². The van der Waals surface area contributed by atoms with Crippen LogP contribution < -0.4 is 10.6 Å². The van der Waals surface area contributed by atoms with Gasteiger partial charge in [-0.25, -0.2) is 4.98 Å². The van der Waals surface area contributed by atoms with Crippen molar-refractivity contribution in [3.05, 3.63) is 24.0 Å². The highest BCUT2D eigenvalue weighted by atomic mass is 16.1. The Morgan fingerprint density at radius 2 is 2.11 bits per heavy atom. The van der Waals surface area contributed by atoms with E-state index in [4.69, 9.17) is 0 Å². The average molecular weight is 384 g/mol. The van der Waals surface area contributed by atoms with Gasteiger partial charge in [0.05, 0.1) is 5.52 Å². The Morgan fingerprint density at radius 3 is 2.89 bits per heavy atom. The van der Waals surface area contributed by atoms with E-state index in [0.29, 0.717) is 18.3 Å². The number of anilines is 1. The van der Waals surface area contributed by atoms with Gasteiger partial charge in [-0.2, -0.15) is 0 Å². The number of unbranched alkanes of at least 4 members (excludes halogenated alkanes) is 1. The number of carbonyl (C=O) groups excluding carboxylic acids is 1. The molecule has 0 radical (unpaired) electrons. The molecule has 6 nitrogen and oxygen atoms in total. The highest BCUT2D eigenvalue weighted by Crippen LogP contribution is 2.32. The molecule has 2 fully saturated rings. The van der Waals surface area contributed by atoms with Gasteiger partial charge < -0.3 is 15.6 Å². The molecule has 2 aliphatic rings. The molecular formula is C22H33N5O. The number of hydrogen-bond acceptors (Lipinski definition) is 4. The van der Waals surface area contributed by atoms with Crippen LogP contribution >= 0.6 is 0 Å². The first-order chi connectivity index (χ1) is 13.7. The first-order valence-corrected chi connectivity index (χ1v) is 10.9. The van der Waals surface area contributed by atoms with Crippen molar-refractivity contribution in [1.29, 1.82) is 0 Å². The number of fused-ring (bicyclic) bond motifs is 1. The zero-order valence-electron chi connectivity index (χ0n) is 17.0. The number of H-pyrrole nitrogens is 1. The summed E-state index contributed by atoms with van der Waals surface area (Å²) < 4.78 is 0. The van der Waals surface area contributed by atoms with E-state index < -0.39 is 0 Å². The Kier molecular flexibility index (Phi) is 6.27. The lowest BCUT2D eigenvalue weighted by molar-refractivity contribution is -0.116. The van der Waals surface area contributed by atoms with E-state index in [1.54, 1.807) is 0 Å². The van der Waals surface area contributed by atoms with Gasteiger partial charge in [-0.3, -0.25) is 9.69 Å². The van der Waals surface area contributed by atoms with Crippen LogP contribution in [0.2, 0.25) is 0 Å². The van der Waals surface area contributed by atoms with Gasteiger partial charge in [0.15, 0.2) is 0 Å². The summed E-state index contributed by atoms with van der Waals surface area (Å²) >= 11 is 0. The first kappa shape index (κ1) is 19.4. The number of hydrogen-bond donors (Lipinski definition) is 3. The molecule has 4 rings (SSSR count). The quantitative estimate of drug-likeness (QED) is 0.636. The second-order valence-electron chi connectivity index (χ2n) is 8.51. The van der Waals surface area contributed by atoms with Crippen LogP contribution in [-0.2, 0) is 4.79 Å². The number of carbonyl (C=O) groups is 1. The molecule has 3 N–H and O–H groups in total. The molecule has 0 spiro atoms. The summed E-state index contributed by atoms with van der Waals surface area (Å²) in [4.78, 5) is 22.6. The van der Waals surface area contributed by atoms with Crippen molar-refractivity contribution >= 4 is 22.6 Å². The molecular weight excluding hydrogens is 350 g/mol. The van der Waals surface area contributed by atoms with Crippen LogP contribution in [0.5, 0.6) is 0 Å². The number of likely N-dealkylation sites (tertiary alicyclic amines) is 1. The van der Waals surface area contributed by atoms with Crippen LogP contribution in [0.4, 0.5) is 5.82 Å². The third-order valence-electron chi connectivity index (χ3n) is 6.40. The van der Waals surface area contributed by atoms with Crippen LogP contribution in [0.3, 0.4) is 0 Å². The molecule has 1 atom stereocenters. The summed E-state index contributed by atoms with van der Waals surface area (Å²) in [6.07, 6.45) is 10.8. The Hall–Kier alpha value is -1.92. The molecule has 0 unspecified atom stereocenters. The molecule has 0 saturated carbocycles. The molecule has 2 aromatic heterocycles. The van der Waals surface area contributed by atoms with Gasteiger partial charge in [-0.15, -0.1) is 0 Å². The number of piperidine rings is 1. The number of amides is 1. The lowest BCUT2D eigenvalue weighted by Gasteiger charge is -2.22. The van der Waals surface area contributed by atoms with E-state index in [1.165, 1.54) is 37.8 Å². The van der Waals surface area contributed by atoms with Gasteiger partial charge >= 0.3 is 0 Å². The molecule has 6 heteroatoms. The zero-order valence-corrected chi connectivity index (χ0v) is 17.0. The largest absolute Gasteiger partial charge is 0.357 e. The van der Waals surface area contributed by atoms with Crippen molar-refractivity contribution in [2.45, 2.75) is 57.4 Å². The molecule has 2 aromatic rings. The van der Waals surface area contributed by atoms with Gasteiger partial charge in [0, 0.05) is 35.8 Å². The van der Waals surface area contributed by atoms with Crippen molar-refractivity contribution in [2.75, 3.05) is 32.0 Å². The second kappa shape index (κ2) is 9.05. The van der Waals surface area contributed by atoms with E-state index in [-0.39, 0.29) is 5.91 Å². The SMILES string of the molecule is CN1CCC[C@@H]1c1cc2cnc(NC(=O)CCCCC3CCNCC3)cc2[nH]1. The monoisotopic (exact) mass is 383 g/mol. The number of aromatic nitrogens is 2. The van der Waals surface area contributed by atoms with Crippen LogP contribution in [-0.4, -0.2) is 47.5 Å². The summed E-state index contributed by atoms with van der Waals surface area (Å²) in [6, 6.07) is 4.62. The summed E-state index contributed by atoms with van der Waals surface area (Å²) in [5.74, 6) is 1.55. The van der Waals surface area contributed by atoms with Crippen LogP contribution in [0.25, 0.3) is 10.9 Å². The lowest BCUT2D eigenvalue weighted by atomic mass is 9.92.